The zero-order valence-corrected chi connectivity index (χ0v) is 14.9. The Balaban J connectivity index is 1.87. The molecule has 1 aromatic carbocycles. The molecule has 0 amide bonds. The zero-order valence-electron chi connectivity index (χ0n) is 14.9. The van der Waals surface area contributed by atoms with Crippen LogP contribution in [0.2, 0.25) is 0 Å². The van der Waals surface area contributed by atoms with Gasteiger partial charge in [0.25, 0.3) is 0 Å². The van der Waals surface area contributed by atoms with Crippen LogP contribution in [0, 0.1) is 32.6 Å². The molecule has 2 nitrogen and oxygen atoms in total. The smallest absolute Gasteiger partial charge is 0.163 e. The third-order valence-electron chi connectivity index (χ3n) is 5.39. The summed E-state index contributed by atoms with van der Waals surface area (Å²) < 4.78 is 5.49. The normalized spacial score (nSPS) is 25.3. The summed E-state index contributed by atoms with van der Waals surface area (Å²) >= 11 is 0. The lowest BCUT2D eigenvalue weighted by molar-refractivity contribution is -0.115. The lowest BCUT2D eigenvalue weighted by Gasteiger charge is -2.28. The van der Waals surface area contributed by atoms with Gasteiger partial charge in [0.15, 0.2) is 5.78 Å². The molecular weight excluding hydrogens is 284 g/mol. The maximum atomic E-state index is 12.9. The first-order chi connectivity index (χ1) is 11.0. The molecule has 0 radical (unpaired) electrons. The molecule has 2 aliphatic rings. The predicted octanol–water partition coefficient (Wildman–Crippen LogP) is 4.79. The number of aryl methyl sites for hydroxylation is 3. The van der Waals surface area contributed by atoms with Crippen molar-refractivity contribution in [3.05, 3.63) is 40.0 Å². The van der Waals surface area contributed by atoms with Crippen molar-refractivity contribution in [1.82, 2.24) is 0 Å². The molecule has 0 aromatic heterocycles. The molecule has 0 spiro atoms. The number of Topliss-reactive ketones (excluding diaryl/α,β-unsaturated/α-hetero) is 1. The second-order valence-corrected chi connectivity index (χ2v) is 7.59. The summed E-state index contributed by atoms with van der Waals surface area (Å²) in [6.07, 6.45) is 4.07. The third kappa shape index (κ3) is 3.42. The van der Waals surface area contributed by atoms with E-state index < -0.39 is 0 Å². The van der Waals surface area contributed by atoms with Crippen molar-refractivity contribution in [2.45, 2.75) is 53.4 Å². The van der Waals surface area contributed by atoms with E-state index in [-0.39, 0.29) is 0 Å². The molecule has 1 fully saturated rings. The van der Waals surface area contributed by atoms with E-state index in [0.717, 1.165) is 38.0 Å². The molecule has 1 aromatic rings. The van der Waals surface area contributed by atoms with E-state index in [1.165, 1.54) is 27.8 Å². The van der Waals surface area contributed by atoms with E-state index in [9.17, 15) is 4.79 Å². The fraction of sp³-hybridized carbons (Fsp3) is 0.571. The maximum absolute atomic E-state index is 12.9. The van der Waals surface area contributed by atoms with Crippen molar-refractivity contribution in [1.29, 1.82) is 0 Å². The average molecular weight is 312 g/mol. The summed E-state index contributed by atoms with van der Waals surface area (Å²) in [5.74, 6) is 1.50. The van der Waals surface area contributed by atoms with E-state index in [1.807, 2.05) is 0 Å². The Bertz CT molecular complexity index is 625. The van der Waals surface area contributed by atoms with Crippen LogP contribution >= 0.6 is 0 Å². The highest BCUT2D eigenvalue weighted by molar-refractivity contribution is 6.23. The quantitative estimate of drug-likeness (QED) is 0.802. The van der Waals surface area contributed by atoms with Gasteiger partial charge >= 0.3 is 0 Å². The highest BCUT2D eigenvalue weighted by atomic mass is 16.5. The Labute approximate surface area is 139 Å². The van der Waals surface area contributed by atoms with Crippen LogP contribution in [0.4, 0.5) is 0 Å². The highest BCUT2D eigenvalue weighted by Crippen LogP contribution is 2.39. The topological polar surface area (TPSA) is 26.3 Å². The molecule has 0 N–H and O–H groups in total. The van der Waals surface area contributed by atoms with Gasteiger partial charge in [0.2, 0.25) is 0 Å². The standard InChI is InChI=1S/C21H28O2/c1-13-7-14(2)20(15(3)8-13)21-16(4)9-18(11-19(21)22)10-17-5-6-23-12-17/h7-8,17-18H,5-6,9-12H2,1-4H3. The van der Waals surface area contributed by atoms with Crippen molar-refractivity contribution in [3.8, 4) is 0 Å². The number of ketones is 1. The monoisotopic (exact) mass is 312 g/mol. The summed E-state index contributed by atoms with van der Waals surface area (Å²) in [7, 11) is 0. The molecule has 1 aliphatic carbocycles. The summed E-state index contributed by atoms with van der Waals surface area (Å²) in [6.45, 7) is 10.3. The lowest BCUT2D eigenvalue weighted by atomic mass is 9.75. The molecule has 124 valence electrons. The van der Waals surface area contributed by atoms with Crippen molar-refractivity contribution < 1.29 is 9.53 Å². The number of hydrogen-bond donors (Lipinski definition) is 0. The SMILES string of the molecule is CC1=C(c2c(C)cc(C)cc2C)C(=O)CC(CC2CCOC2)C1. The Hall–Kier alpha value is -1.41. The van der Waals surface area contributed by atoms with Crippen molar-refractivity contribution in [3.63, 3.8) is 0 Å². The summed E-state index contributed by atoms with van der Waals surface area (Å²) in [5, 5.41) is 0. The molecule has 2 heteroatoms. The van der Waals surface area contributed by atoms with Crippen LogP contribution in [-0.4, -0.2) is 19.0 Å². The first-order valence-corrected chi connectivity index (χ1v) is 8.84. The Morgan fingerprint density at radius 1 is 1.04 bits per heavy atom. The number of carbonyl (C=O) groups excluding carboxylic acids is 1. The Morgan fingerprint density at radius 3 is 2.30 bits per heavy atom. The van der Waals surface area contributed by atoms with Gasteiger partial charge in [0.05, 0.1) is 0 Å². The van der Waals surface area contributed by atoms with E-state index in [0.29, 0.717) is 24.0 Å². The van der Waals surface area contributed by atoms with Crippen LogP contribution in [-0.2, 0) is 9.53 Å². The minimum Gasteiger partial charge on any atom is -0.381 e. The largest absolute Gasteiger partial charge is 0.381 e. The predicted molar refractivity (Wildman–Crippen MR) is 94.5 cm³/mol. The molecule has 2 atom stereocenters. The molecular formula is C21H28O2. The minimum atomic E-state index is 0.340. The highest BCUT2D eigenvalue weighted by Gasteiger charge is 2.30. The zero-order chi connectivity index (χ0) is 16.6. The summed E-state index contributed by atoms with van der Waals surface area (Å²) in [4.78, 5) is 12.9. The Morgan fingerprint density at radius 2 is 1.74 bits per heavy atom. The van der Waals surface area contributed by atoms with Gasteiger partial charge in [-0.15, -0.1) is 0 Å². The molecule has 1 saturated heterocycles. The summed E-state index contributed by atoms with van der Waals surface area (Å²) in [6, 6.07) is 4.38. The molecule has 1 aliphatic heterocycles. The van der Waals surface area contributed by atoms with Gasteiger partial charge in [-0.2, -0.15) is 0 Å². The van der Waals surface area contributed by atoms with Crippen LogP contribution in [0.3, 0.4) is 0 Å². The number of hydrogen-bond acceptors (Lipinski definition) is 2. The number of carbonyl (C=O) groups is 1. The van der Waals surface area contributed by atoms with Crippen molar-refractivity contribution in [2.24, 2.45) is 11.8 Å². The van der Waals surface area contributed by atoms with Crippen LogP contribution in [0.5, 0.6) is 0 Å². The first kappa shape index (κ1) is 16.4. The molecule has 23 heavy (non-hydrogen) atoms. The fourth-order valence-corrected chi connectivity index (χ4v) is 4.54. The van der Waals surface area contributed by atoms with Crippen molar-refractivity contribution in [2.75, 3.05) is 13.2 Å². The molecule has 0 saturated carbocycles. The molecule has 1 heterocycles. The molecule has 0 bridgehead atoms. The third-order valence-corrected chi connectivity index (χ3v) is 5.39. The van der Waals surface area contributed by atoms with Gasteiger partial charge in [-0.1, -0.05) is 23.3 Å². The maximum Gasteiger partial charge on any atom is 0.163 e. The number of ether oxygens (including phenoxy) is 1. The van der Waals surface area contributed by atoms with Gasteiger partial charge < -0.3 is 4.74 Å². The van der Waals surface area contributed by atoms with E-state index in [2.05, 4.69) is 39.8 Å². The van der Waals surface area contributed by atoms with E-state index in [1.54, 1.807) is 0 Å². The van der Waals surface area contributed by atoms with Crippen LogP contribution in [0.15, 0.2) is 17.7 Å². The number of rotatable bonds is 3. The average Bonchev–Trinajstić information content (AvgIpc) is 2.93. The second kappa shape index (κ2) is 6.60. The van der Waals surface area contributed by atoms with Gasteiger partial charge in [-0.3, -0.25) is 4.79 Å². The van der Waals surface area contributed by atoms with Gasteiger partial charge in [0, 0.05) is 25.2 Å². The Kier molecular flexibility index (Phi) is 4.72. The van der Waals surface area contributed by atoms with Crippen LogP contribution in [0.1, 0.15) is 54.9 Å². The van der Waals surface area contributed by atoms with E-state index in [4.69, 9.17) is 4.74 Å². The van der Waals surface area contributed by atoms with Gasteiger partial charge in [-0.05, 0) is 75.5 Å². The van der Waals surface area contributed by atoms with Crippen LogP contribution in [0.25, 0.3) is 5.57 Å². The van der Waals surface area contributed by atoms with Gasteiger partial charge in [0.1, 0.15) is 0 Å². The minimum absolute atomic E-state index is 0.340. The molecule has 2 unspecified atom stereocenters. The first-order valence-electron chi connectivity index (χ1n) is 8.84. The lowest BCUT2D eigenvalue weighted by Crippen LogP contribution is -2.21. The fourth-order valence-electron chi connectivity index (χ4n) is 4.54. The molecule has 3 rings (SSSR count). The van der Waals surface area contributed by atoms with Crippen molar-refractivity contribution >= 4 is 11.4 Å². The van der Waals surface area contributed by atoms with E-state index >= 15 is 0 Å². The second-order valence-electron chi connectivity index (χ2n) is 7.59. The van der Waals surface area contributed by atoms with Gasteiger partial charge in [-0.25, -0.2) is 0 Å². The number of benzene rings is 1. The number of allylic oxidation sites excluding steroid dienone is 2. The summed E-state index contributed by atoms with van der Waals surface area (Å²) in [5.41, 5.74) is 7.19. The van der Waals surface area contributed by atoms with Crippen LogP contribution < -0.4 is 0 Å².